The molecule has 0 spiro atoms. The van der Waals surface area contributed by atoms with Crippen molar-refractivity contribution in [3.05, 3.63) is 5.32 Å². The molecule has 2 saturated heterocycles. The van der Waals surface area contributed by atoms with E-state index in [1.807, 2.05) is 0 Å². The van der Waals surface area contributed by atoms with Gasteiger partial charge in [0.15, 0.2) is 0 Å². The SMILES string of the molecule is OCC1CC(O)CCN1CC1CC[N-]CC1.ONC1CCCCC1.[Y]. The predicted molar refractivity (Wildman–Crippen MR) is 95.3 cm³/mol. The maximum atomic E-state index is 9.58. The summed E-state index contributed by atoms with van der Waals surface area (Å²) in [4.78, 5) is 2.36. The molecular formula is C18H36N3O3Y-. The minimum Gasteiger partial charge on any atom is -0.662 e. The van der Waals surface area contributed by atoms with Crippen molar-refractivity contribution in [3.8, 4) is 0 Å². The van der Waals surface area contributed by atoms with E-state index in [9.17, 15) is 10.2 Å². The van der Waals surface area contributed by atoms with Crippen molar-refractivity contribution >= 4 is 0 Å². The fourth-order valence-corrected chi connectivity index (χ4v) is 4.06. The quantitative estimate of drug-likeness (QED) is 0.511. The van der Waals surface area contributed by atoms with Gasteiger partial charge in [0, 0.05) is 57.9 Å². The van der Waals surface area contributed by atoms with Gasteiger partial charge in [0.25, 0.3) is 0 Å². The number of nitrogens with one attached hydrogen (secondary N) is 1. The molecule has 0 aromatic carbocycles. The second-order valence-electron chi connectivity index (χ2n) is 7.59. The van der Waals surface area contributed by atoms with E-state index in [0.29, 0.717) is 6.04 Å². The Labute approximate surface area is 178 Å². The zero-order valence-corrected chi connectivity index (χ0v) is 18.4. The first-order chi connectivity index (χ1) is 11.7. The molecule has 4 N–H and O–H groups in total. The van der Waals surface area contributed by atoms with Gasteiger partial charge in [-0.15, -0.1) is 13.1 Å². The Balaban J connectivity index is 0.000000295. The number of hydrogen-bond acceptors (Lipinski definition) is 5. The second-order valence-corrected chi connectivity index (χ2v) is 7.59. The fraction of sp³-hybridized carbons (Fsp3) is 1.00. The van der Waals surface area contributed by atoms with Crippen LogP contribution in [0.1, 0.15) is 57.8 Å². The molecule has 0 amide bonds. The third-order valence-electron chi connectivity index (χ3n) is 5.69. The van der Waals surface area contributed by atoms with Gasteiger partial charge in [-0.2, -0.15) is 0 Å². The smallest absolute Gasteiger partial charge is 0.0587 e. The third-order valence-corrected chi connectivity index (χ3v) is 5.69. The van der Waals surface area contributed by atoms with Gasteiger partial charge in [-0.3, -0.25) is 4.90 Å². The number of hydroxylamine groups is 1. The van der Waals surface area contributed by atoms with Gasteiger partial charge in [-0.05, 0) is 31.6 Å². The normalized spacial score (nSPS) is 29.4. The molecule has 1 saturated carbocycles. The van der Waals surface area contributed by atoms with E-state index in [0.717, 1.165) is 57.8 Å². The van der Waals surface area contributed by atoms with Crippen LogP contribution in [-0.2, 0) is 32.7 Å². The Kier molecular flexibility index (Phi) is 13.3. The molecule has 0 aromatic rings. The summed E-state index contributed by atoms with van der Waals surface area (Å²) < 4.78 is 0. The first-order valence-electron chi connectivity index (χ1n) is 9.78. The number of likely N-dealkylation sites (tertiary alicyclic amines) is 1. The number of piperidine rings is 2. The van der Waals surface area contributed by atoms with Crippen LogP contribution in [0.3, 0.4) is 0 Å². The van der Waals surface area contributed by atoms with Crippen molar-refractivity contribution < 1.29 is 48.1 Å². The van der Waals surface area contributed by atoms with Crippen LogP contribution in [0.15, 0.2) is 0 Å². The number of rotatable bonds is 4. The van der Waals surface area contributed by atoms with Gasteiger partial charge in [-0.1, -0.05) is 32.1 Å². The maximum absolute atomic E-state index is 9.58. The number of aliphatic hydroxyl groups excluding tert-OH is 2. The van der Waals surface area contributed by atoms with Gasteiger partial charge >= 0.3 is 0 Å². The van der Waals surface area contributed by atoms with Gasteiger partial charge in [0.05, 0.1) is 12.7 Å². The zero-order valence-electron chi connectivity index (χ0n) is 15.5. The molecule has 6 nitrogen and oxygen atoms in total. The molecule has 3 fully saturated rings. The minimum atomic E-state index is -0.213. The zero-order chi connectivity index (χ0) is 17.2. The van der Waals surface area contributed by atoms with Crippen LogP contribution in [0.5, 0.6) is 0 Å². The predicted octanol–water partition coefficient (Wildman–Crippen LogP) is 1.88. The minimum absolute atomic E-state index is 0. The van der Waals surface area contributed by atoms with E-state index in [2.05, 4.69) is 15.7 Å². The van der Waals surface area contributed by atoms with Crippen molar-refractivity contribution in [1.29, 1.82) is 0 Å². The van der Waals surface area contributed by atoms with E-state index in [-0.39, 0.29) is 51.5 Å². The number of nitrogens with zero attached hydrogens (tertiary/aromatic N) is 2. The van der Waals surface area contributed by atoms with Crippen LogP contribution in [0, 0.1) is 5.92 Å². The molecule has 3 aliphatic rings. The standard InChI is InChI=1S/C12H23N2O2.C6H13NO.Y/c15-9-11-7-12(16)3-6-14(11)8-10-1-4-13-5-2-10;8-7-6-4-2-1-3-5-6;/h10-12,15-16H,1-9H2;6-8H,1-5H2;/q-1;;. The first-order valence-corrected chi connectivity index (χ1v) is 9.78. The van der Waals surface area contributed by atoms with Crippen molar-refractivity contribution in [2.75, 3.05) is 32.8 Å². The molecule has 0 aromatic heterocycles. The largest absolute Gasteiger partial charge is 0.662 e. The van der Waals surface area contributed by atoms with Crippen LogP contribution in [0.4, 0.5) is 0 Å². The van der Waals surface area contributed by atoms with Crippen LogP contribution >= 0.6 is 0 Å². The van der Waals surface area contributed by atoms with Crippen LogP contribution in [0.2, 0.25) is 0 Å². The average Bonchev–Trinajstić information content (AvgIpc) is 2.65. The van der Waals surface area contributed by atoms with Gasteiger partial charge < -0.3 is 20.7 Å². The summed E-state index contributed by atoms with van der Waals surface area (Å²) in [7, 11) is 0. The molecule has 1 aliphatic carbocycles. The maximum Gasteiger partial charge on any atom is 0.0587 e. The summed E-state index contributed by atoms with van der Waals surface area (Å²) in [6.45, 7) is 4.19. The summed E-state index contributed by atoms with van der Waals surface area (Å²) in [6, 6.07) is 0.561. The Hall–Kier alpha value is 0.864. The Morgan fingerprint density at radius 2 is 1.68 bits per heavy atom. The summed E-state index contributed by atoms with van der Waals surface area (Å²) >= 11 is 0. The molecule has 3 rings (SSSR count). The first kappa shape index (κ1) is 23.9. The summed E-state index contributed by atoms with van der Waals surface area (Å²) in [5.41, 5.74) is 2.30. The van der Waals surface area contributed by atoms with Crippen molar-refractivity contribution in [2.45, 2.75) is 76.0 Å². The van der Waals surface area contributed by atoms with E-state index in [1.165, 1.54) is 32.1 Å². The summed E-state index contributed by atoms with van der Waals surface area (Å²) in [5, 5.41) is 31.7. The molecule has 7 heteroatoms. The van der Waals surface area contributed by atoms with E-state index in [4.69, 9.17) is 5.21 Å². The molecule has 145 valence electrons. The Morgan fingerprint density at radius 1 is 1.00 bits per heavy atom. The van der Waals surface area contributed by atoms with E-state index >= 15 is 0 Å². The molecule has 2 unspecified atom stereocenters. The van der Waals surface area contributed by atoms with Crippen LogP contribution < -0.4 is 5.48 Å². The van der Waals surface area contributed by atoms with Gasteiger partial charge in [-0.25, -0.2) is 5.48 Å². The number of hydrogen-bond donors (Lipinski definition) is 4. The van der Waals surface area contributed by atoms with Gasteiger partial charge in [0.2, 0.25) is 0 Å². The van der Waals surface area contributed by atoms with Crippen LogP contribution in [-0.4, -0.2) is 71.3 Å². The molecule has 2 heterocycles. The monoisotopic (exact) mass is 431 g/mol. The second kappa shape index (κ2) is 13.9. The number of aliphatic hydroxyl groups is 2. The topological polar surface area (TPSA) is 90.1 Å². The molecule has 2 atom stereocenters. The van der Waals surface area contributed by atoms with E-state index in [1.54, 1.807) is 0 Å². The third kappa shape index (κ3) is 9.07. The molecule has 0 bridgehead atoms. The van der Waals surface area contributed by atoms with Gasteiger partial charge in [0.1, 0.15) is 0 Å². The summed E-state index contributed by atoms with van der Waals surface area (Å²) in [5.74, 6) is 0.738. The molecular weight excluding hydrogens is 395 g/mol. The molecule has 2 aliphatic heterocycles. The molecule has 25 heavy (non-hydrogen) atoms. The van der Waals surface area contributed by atoms with Crippen molar-refractivity contribution in [1.82, 2.24) is 10.4 Å². The van der Waals surface area contributed by atoms with Crippen molar-refractivity contribution in [2.24, 2.45) is 5.92 Å². The van der Waals surface area contributed by atoms with Crippen LogP contribution in [0.25, 0.3) is 5.32 Å². The van der Waals surface area contributed by atoms with E-state index < -0.39 is 0 Å². The van der Waals surface area contributed by atoms with Crippen molar-refractivity contribution in [3.63, 3.8) is 0 Å². The Morgan fingerprint density at radius 3 is 2.24 bits per heavy atom. The fourth-order valence-electron chi connectivity index (χ4n) is 4.06. The average molecular weight is 431 g/mol. The Bertz CT molecular complexity index is 327. The summed E-state index contributed by atoms with van der Waals surface area (Å²) in [6.07, 6.45) is 9.95. The molecule has 1 radical (unpaired) electrons.